The van der Waals surface area contributed by atoms with Gasteiger partial charge in [-0.3, -0.25) is 0 Å². The number of benzene rings is 2. The van der Waals surface area contributed by atoms with Gasteiger partial charge in [0.05, 0.1) is 32.6 Å². The first-order chi connectivity index (χ1) is 13.1. The Morgan fingerprint density at radius 3 is 2.18 bits per heavy atom. The molecule has 2 aromatic rings. The van der Waals surface area contributed by atoms with Crippen molar-refractivity contribution in [3.05, 3.63) is 53.1 Å². The van der Waals surface area contributed by atoms with Gasteiger partial charge in [-0.1, -0.05) is 12.1 Å². The Morgan fingerprint density at radius 1 is 1.07 bits per heavy atom. The summed E-state index contributed by atoms with van der Waals surface area (Å²) >= 11 is 0. The van der Waals surface area contributed by atoms with Gasteiger partial charge in [-0.15, -0.1) is 0 Å². The molecule has 0 aliphatic rings. The number of ether oxygens (including phenoxy) is 1. The molecule has 1 atom stereocenters. The van der Waals surface area contributed by atoms with E-state index in [1.807, 2.05) is 40.0 Å². The van der Waals surface area contributed by atoms with Crippen molar-refractivity contribution in [2.24, 2.45) is 0 Å². The van der Waals surface area contributed by atoms with E-state index in [1.54, 1.807) is 26.2 Å². The van der Waals surface area contributed by atoms with Gasteiger partial charge < -0.3 is 14.5 Å². The number of anilines is 1. The third kappa shape index (κ3) is 5.04. The zero-order valence-corrected chi connectivity index (χ0v) is 18.6. The summed E-state index contributed by atoms with van der Waals surface area (Å²) in [6.45, 7) is 3.94. The molecule has 0 aliphatic heterocycles. The predicted molar refractivity (Wildman–Crippen MR) is 114 cm³/mol. The van der Waals surface area contributed by atoms with Gasteiger partial charge in [0.25, 0.3) is 0 Å². The number of hydrogen-bond acceptors (Lipinski definition) is 4. The SMILES string of the molecule is COc1cc(C)c(S(=O)(=O)NC[C@H](c2ccc(N(C)C)cc2)[NH+](C)C)cc1C. The highest BCUT2D eigenvalue weighted by molar-refractivity contribution is 7.89. The second-order valence-electron chi connectivity index (χ2n) is 7.56. The van der Waals surface area contributed by atoms with Crippen LogP contribution in [0.4, 0.5) is 5.69 Å². The van der Waals surface area contributed by atoms with Crippen LogP contribution in [-0.2, 0) is 10.0 Å². The molecular weight excluding hydrogens is 374 g/mol. The van der Waals surface area contributed by atoms with E-state index in [0.29, 0.717) is 22.8 Å². The zero-order valence-electron chi connectivity index (χ0n) is 17.8. The van der Waals surface area contributed by atoms with Crippen LogP contribution in [0.5, 0.6) is 5.75 Å². The van der Waals surface area contributed by atoms with Gasteiger partial charge >= 0.3 is 0 Å². The number of methoxy groups -OCH3 is 1. The van der Waals surface area contributed by atoms with Crippen molar-refractivity contribution in [2.75, 3.05) is 46.7 Å². The van der Waals surface area contributed by atoms with E-state index in [1.165, 1.54) is 0 Å². The topological polar surface area (TPSA) is 63.1 Å². The van der Waals surface area contributed by atoms with Crippen LogP contribution < -0.4 is 19.3 Å². The molecule has 154 valence electrons. The standard InChI is InChI=1S/C21H31N3O3S/c1-15-13-21(16(2)12-20(15)27-7)28(25,26)22-14-19(24(5)6)17-8-10-18(11-9-17)23(3)4/h8-13,19,22H,14H2,1-7H3/p+1/t19-/m1/s1. The molecule has 0 fully saturated rings. The summed E-state index contributed by atoms with van der Waals surface area (Å²) in [5, 5.41) is 0. The summed E-state index contributed by atoms with van der Waals surface area (Å²) in [5.41, 5.74) is 3.67. The fourth-order valence-electron chi connectivity index (χ4n) is 3.20. The third-order valence-corrected chi connectivity index (χ3v) is 6.53. The summed E-state index contributed by atoms with van der Waals surface area (Å²) in [7, 11) is 6.01. The zero-order chi connectivity index (χ0) is 21.1. The number of rotatable bonds is 8. The van der Waals surface area contributed by atoms with Crippen molar-refractivity contribution in [3.63, 3.8) is 0 Å². The summed E-state index contributed by atoms with van der Waals surface area (Å²) in [5.74, 6) is 0.688. The van der Waals surface area contributed by atoms with Gasteiger partial charge in [0.1, 0.15) is 11.8 Å². The van der Waals surface area contributed by atoms with Crippen molar-refractivity contribution in [1.29, 1.82) is 0 Å². The minimum Gasteiger partial charge on any atom is -0.496 e. The Hall–Kier alpha value is -2.09. The number of quaternary nitrogens is 1. The maximum absolute atomic E-state index is 12.9. The van der Waals surface area contributed by atoms with Crippen molar-refractivity contribution >= 4 is 15.7 Å². The van der Waals surface area contributed by atoms with E-state index < -0.39 is 10.0 Å². The number of aryl methyl sites for hydroxylation is 2. The first kappa shape index (κ1) is 22.2. The summed E-state index contributed by atoms with van der Waals surface area (Å²) < 4.78 is 34.0. The number of hydrogen-bond donors (Lipinski definition) is 2. The molecule has 6 nitrogen and oxygen atoms in total. The molecule has 0 aliphatic carbocycles. The molecular formula is C21H32N3O3S+. The van der Waals surface area contributed by atoms with Gasteiger partial charge in [0, 0.05) is 25.3 Å². The van der Waals surface area contributed by atoms with Crippen LogP contribution in [0.25, 0.3) is 0 Å². The van der Waals surface area contributed by atoms with Crippen molar-refractivity contribution in [2.45, 2.75) is 24.8 Å². The molecule has 2 rings (SSSR count). The molecule has 0 spiro atoms. The summed E-state index contributed by atoms with van der Waals surface area (Å²) in [6, 6.07) is 11.7. The molecule has 0 unspecified atom stereocenters. The summed E-state index contributed by atoms with van der Waals surface area (Å²) in [6.07, 6.45) is 0. The van der Waals surface area contributed by atoms with Gasteiger partial charge in [-0.25, -0.2) is 13.1 Å². The number of nitrogens with one attached hydrogen (secondary N) is 2. The fraction of sp³-hybridized carbons (Fsp3) is 0.429. The van der Waals surface area contributed by atoms with E-state index in [-0.39, 0.29) is 6.04 Å². The molecule has 0 amide bonds. The van der Waals surface area contributed by atoms with Crippen LogP contribution in [0.3, 0.4) is 0 Å². The maximum Gasteiger partial charge on any atom is 0.241 e. The second-order valence-corrected chi connectivity index (χ2v) is 9.29. The van der Waals surface area contributed by atoms with Crippen molar-refractivity contribution in [3.8, 4) is 5.75 Å². The highest BCUT2D eigenvalue weighted by Gasteiger charge is 2.24. The Kier molecular flexibility index (Phi) is 7.09. The highest BCUT2D eigenvalue weighted by Crippen LogP contribution is 2.25. The highest BCUT2D eigenvalue weighted by atomic mass is 32.2. The molecule has 0 saturated heterocycles. The fourth-order valence-corrected chi connectivity index (χ4v) is 4.56. The Bertz CT molecular complexity index is 907. The van der Waals surface area contributed by atoms with Gasteiger partial charge in [-0.2, -0.15) is 0 Å². The van der Waals surface area contributed by atoms with E-state index in [0.717, 1.165) is 21.7 Å². The van der Waals surface area contributed by atoms with Crippen LogP contribution in [0.2, 0.25) is 0 Å². The predicted octanol–water partition coefficient (Wildman–Crippen LogP) is 1.54. The molecule has 2 aromatic carbocycles. The minimum atomic E-state index is -3.62. The number of sulfonamides is 1. The number of nitrogens with zero attached hydrogens (tertiary/aromatic N) is 1. The van der Waals surface area contributed by atoms with Crippen LogP contribution in [0.15, 0.2) is 41.3 Å². The maximum atomic E-state index is 12.9. The van der Waals surface area contributed by atoms with E-state index in [9.17, 15) is 8.42 Å². The van der Waals surface area contributed by atoms with Crippen LogP contribution in [0, 0.1) is 13.8 Å². The third-order valence-electron chi connectivity index (χ3n) is 4.97. The van der Waals surface area contributed by atoms with Crippen LogP contribution in [0.1, 0.15) is 22.7 Å². The van der Waals surface area contributed by atoms with E-state index in [4.69, 9.17) is 4.74 Å². The molecule has 7 heteroatoms. The first-order valence-electron chi connectivity index (χ1n) is 9.29. The monoisotopic (exact) mass is 406 g/mol. The molecule has 0 aromatic heterocycles. The largest absolute Gasteiger partial charge is 0.496 e. The Labute approximate surface area is 169 Å². The molecule has 0 radical (unpaired) electrons. The quantitative estimate of drug-likeness (QED) is 0.698. The van der Waals surface area contributed by atoms with Crippen LogP contribution >= 0.6 is 0 Å². The molecule has 2 N–H and O–H groups in total. The Morgan fingerprint density at radius 2 is 1.68 bits per heavy atom. The van der Waals surface area contributed by atoms with Crippen molar-refractivity contribution < 1.29 is 18.1 Å². The molecule has 0 heterocycles. The average Bonchev–Trinajstić information content (AvgIpc) is 2.63. The lowest BCUT2D eigenvalue weighted by molar-refractivity contribution is -0.890. The lowest BCUT2D eigenvalue weighted by atomic mass is 10.1. The molecule has 0 bridgehead atoms. The molecule has 0 saturated carbocycles. The second kappa shape index (κ2) is 8.94. The average molecular weight is 407 g/mol. The van der Waals surface area contributed by atoms with Crippen LogP contribution in [-0.4, -0.2) is 50.3 Å². The van der Waals surface area contributed by atoms with Gasteiger partial charge in [-0.05, 0) is 49.2 Å². The summed E-state index contributed by atoms with van der Waals surface area (Å²) in [4.78, 5) is 3.49. The number of likely N-dealkylation sites (N-methyl/N-ethyl adjacent to an activating group) is 1. The minimum absolute atomic E-state index is 0.00522. The Balaban J connectivity index is 2.24. The normalized spacial score (nSPS) is 12.9. The van der Waals surface area contributed by atoms with Crippen molar-refractivity contribution in [1.82, 2.24) is 4.72 Å². The smallest absolute Gasteiger partial charge is 0.241 e. The lowest BCUT2D eigenvalue weighted by Crippen LogP contribution is -3.07. The molecule has 28 heavy (non-hydrogen) atoms. The van der Waals surface area contributed by atoms with Gasteiger partial charge in [0.2, 0.25) is 10.0 Å². The van der Waals surface area contributed by atoms with E-state index in [2.05, 4.69) is 29.0 Å². The first-order valence-corrected chi connectivity index (χ1v) is 10.8. The van der Waals surface area contributed by atoms with E-state index >= 15 is 0 Å². The van der Waals surface area contributed by atoms with Gasteiger partial charge in [0.15, 0.2) is 0 Å². The lowest BCUT2D eigenvalue weighted by Gasteiger charge is -2.23.